The van der Waals surface area contributed by atoms with Crippen molar-refractivity contribution in [1.29, 1.82) is 0 Å². The topological polar surface area (TPSA) is 46.9 Å². The number of hydrogen-bond acceptors (Lipinski definition) is 3. The molecule has 1 aliphatic rings. The average Bonchev–Trinajstić information content (AvgIpc) is 3.16. The van der Waals surface area contributed by atoms with Crippen LogP contribution in [0.25, 0.3) is 10.9 Å². The molecule has 4 nitrogen and oxygen atoms in total. The lowest BCUT2D eigenvalue weighted by Gasteiger charge is -2.05. The molecular weight excluding hydrogens is 414 g/mol. The molecule has 0 unspecified atom stereocenters. The molecule has 30 heavy (non-hydrogen) atoms. The molecule has 1 N–H and O–H groups in total. The molecule has 0 spiro atoms. The van der Waals surface area contributed by atoms with Gasteiger partial charge in [-0.15, -0.1) is 11.3 Å². The van der Waals surface area contributed by atoms with Crippen molar-refractivity contribution >= 4 is 44.9 Å². The molecule has 152 valence electrons. The predicted molar refractivity (Wildman–Crippen MR) is 124 cm³/mol. The fraction of sp³-hybridized carbons (Fsp3) is 0.250. The van der Waals surface area contributed by atoms with E-state index in [4.69, 9.17) is 11.6 Å². The first-order chi connectivity index (χ1) is 14.5. The number of carbonyl (C=O) groups is 1. The van der Waals surface area contributed by atoms with E-state index in [9.17, 15) is 4.79 Å². The Morgan fingerprint density at radius 3 is 2.80 bits per heavy atom. The number of benzene rings is 2. The quantitative estimate of drug-likeness (QED) is 0.401. The van der Waals surface area contributed by atoms with E-state index in [1.807, 2.05) is 36.4 Å². The zero-order chi connectivity index (χ0) is 20.7. The fourth-order valence-electron chi connectivity index (χ4n) is 3.78. The van der Waals surface area contributed by atoms with Crippen LogP contribution in [0.4, 0.5) is 5.13 Å². The van der Waals surface area contributed by atoms with Crippen molar-refractivity contribution in [2.45, 2.75) is 38.1 Å². The summed E-state index contributed by atoms with van der Waals surface area (Å²) in [5.74, 6) is -0.0596. The Morgan fingerprint density at radius 2 is 2.03 bits per heavy atom. The molecule has 1 aliphatic carbocycles. The van der Waals surface area contributed by atoms with Gasteiger partial charge < -0.3 is 9.88 Å². The molecule has 2 aromatic heterocycles. The summed E-state index contributed by atoms with van der Waals surface area (Å²) in [6, 6.07) is 16.2. The maximum absolute atomic E-state index is 12.8. The molecule has 0 aliphatic heterocycles. The van der Waals surface area contributed by atoms with Crippen LogP contribution >= 0.6 is 22.9 Å². The summed E-state index contributed by atoms with van der Waals surface area (Å²) in [4.78, 5) is 17.4. The molecule has 0 atom stereocenters. The van der Waals surface area contributed by atoms with Gasteiger partial charge in [0.1, 0.15) is 0 Å². The minimum atomic E-state index is -0.0596. The van der Waals surface area contributed by atoms with Gasteiger partial charge in [0.05, 0.1) is 12.1 Å². The second kappa shape index (κ2) is 7.56. The van der Waals surface area contributed by atoms with Gasteiger partial charge in [-0.25, -0.2) is 4.98 Å². The van der Waals surface area contributed by atoms with Gasteiger partial charge in [0.15, 0.2) is 5.13 Å². The number of fused-ring (bicyclic) bond motifs is 1. The number of carbonyl (C=O) groups excluding carboxylic acids is 1. The van der Waals surface area contributed by atoms with E-state index < -0.39 is 0 Å². The highest BCUT2D eigenvalue weighted by Crippen LogP contribution is 2.48. The van der Waals surface area contributed by atoms with E-state index in [0.717, 1.165) is 28.7 Å². The Morgan fingerprint density at radius 1 is 1.23 bits per heavy atom. The Labute approximate surface area is 184 Å². The van der Waals surface area contributed by atoms with Crippen LogP contribution in [0.2, 0.25) is 5.02 Å². The van der Waals surface area contributed by atoms with Crippen molar-refractivity contribution in [2.75, 3.05) is 5.32 Å². The van der Waals surface area contributed by atoms with E-state index in [1.165, 1.54) is 29.7 Å². The number of nitrogens with one attached hydrogen (secondary N) is 1. The van der Waals surface area contributed by atoms with Crippen molar-refractivity contribution in [3.05, 3.63) is 82.0 Å². The number of aromatic nitrogens is 2. The fourth-order valence-corrected chi connectivity index (χ4v) is 4.84. The van der Waals surface area contributed by atoms with Crippen LogP contribution in [0.5, 0.6) is 0 Å². The highest BCUT2D eigenvalue weighted by atomic mass is 35.5. The Balaban J connectivity index is 1.38. The second-order valence-corrected chi connectivity index (χ2v) is 9.55. The smallest absolute Gasteiger partial charge is 0.230 e. The molecule has 5 rings (SSSR count). The number of hydrogen-bond donors (Lipinski definition) is 1. The lowest BCUT2D eigenvalue weighted by molar-refractivity contribution is -0.115. The number of halogens is 1. The van der Waals surface area contributed by atoms with Gasteiger partial charge in [-0.1, -0.05) is 48.9 Å². The molecule has 0 saturated heterocycles. The van der Waals surface area contributed by atoms with E-state index >= 15 is 0 Å². The van der Waals surface area contributed by atoms with Crippen molar-refractivity contribution in [3.8, 4) is 0 Å². The maximum atomic E-state index is 12.8. The van der Waals surface area contributed by atoms with Gasteiger partial charge in [0.2, 0.25) is 5.91 Å². The summed E-state index contributed by atoms with van der Waals surface area (Å²) in [6.07, 6.45) is 4.69. The normalized spacial score (nSPS) is 14.7. The summed E-state index contributed by atoms with van der Waals surface area (Å²) < 4.78 is 2.18. The zero-order valence-corrected chi connectivity index (χ0v) is 18.3. The molecule has 6 heteroatoms. The molecule has 2 heterocycles. The minimum Gasteiger partial charge on any atom is -0.343 e. The average molecular weight is 436 g/mol. The van der Waals surface area contributed by atoms with Crippen LogP contribution in [0.3, 0.4) is 0 Å². The number of anilines is 1. The van der Waals surface area contributed by atoms with Gasteiger partial charge in [-0.3, -0.25) is 4.79 Å². The third kappa shape index (κ3) is 3.87. The highest BCUT2D eigenvalue weighted by Gasteiger charge is 2.41. The summed E-state index contributed by atoms with van der Waals surface area (Å²) in [6.45, 7) is 2.97. The Hall–Kier alpha value is -2.63. The molecule has 0 radical (unpaired) electrons. The molecule has 4 aromatic rings. The Kier molecular flexibility index (Phi) is 4.88. The lowest BCUT2D eigenvalue weighted by atomic mass is 10.1. The largest absolute Gasteiger partial charge is 0.343 e. The van der Waals surface area contributed by atoms with Crippen LogP contribution < -0.4 is 5.32 Å². The first-order valence-electron chi connectivity index (χ1n) is 10.1. The van der Waals surface area contributed by atoms with E-state index in [0.29, 0.717) is 10.2 Å². The summed E-state index contributed by atoms with van der Waals surface area (Å²) in [5.41, 5.74) is 4.55. The van der Waals surface area contributed by atoms with Gasteiger partial charge >= 0.3 is 0 Å². The van der Waals surface area contributed by atoms with Crippen LogP contribution in [-0.4, -0.2) is 15.5 Å². The van der Waals surface area contributed by atoms with Gasteiger partial charge in [-0.05, 0) is 42.2 Å². The number of nitrogens with zero attached hydrogens (tertiary/aromatic N) is 2. The van der Waals surface area contributed by atoms with E-state index in [1.54, 1.807) is 0 Å². The SMILES string of the molecule is CC1(c2csc(NC(=O)Cc3cn(Cc4ccccc4)c4ccc(Cl)cc34)n2)CC1. The molecule has 1 fully saturated rings. The van der Waals surface area contributed by atoms with Gasteiger partial charge in [-0.2, -0.15) is 0 Å². The van der Waals surface area contributed by atoms with Crippen LogP contribution in [0.1, 0.15) is 36.6 Å². The highest BCUT2D eigenvalue weighted by molar-refractivity contribution is 7.14. The monoisotopic (exact) mass is 435 g/mol. The van der Waals surface area contributed by atoms with Gasteiger partial charge in [0.25, 0.3) is 0 Å². The first kappa shape index (κ1) is 19.3. The minimum absolute atomic E-state index is 0.0596. The van der Waals surface area contributed by atoms with Crippen LogP contribution in [0.15, 0.2) is 60.1 Å². The lowest BCUT2D eigenvalue weighted by Crippen LogP contribution is -2.14. The predicted octanol–water partition coefficient (Wildman–Crippen LogP) is 6.03. The van der Waals surface area contributed by atoms with Crippen molar-refractivity contribution in [1.82, 2.24) is 9.55 Å². The summed E-state index contributed by atoms with van der Waals surface area (Å²) >= 11 is 7.76. The molecule has 0 bridgehead atoms. The summed E-state index contributed by atoms with van der Waals surface area (Å²) in [7, 11) is 0. The maximum Gasteiger partial charge on any atom is 0.230 e. The van der Waals surface area contributed by atoms with Crippen LogP contribution in [0, 0.1) is 0 Å². The Bertz CT molecular complexity index is 1220. The third-order valence-corrected chi connectivity index (χ3v) is 6.83. The third-order valence-electron chi connectivity index (χ3n) is 5.84. The molecule has 1 saturated carbocycles. The van der Waals surface area contributed by atoms with Crippen molar-refractivity contribution in [3.63, 3.8) is 0 Å². The second-order valence-electron chi connectivity index (χ2n) is 8.25. The standard InChI is InChI=1S/C24H22ClN3OS/c1-24(9-10-24)21-15-30-23(26-21)27-22(29)11-17-14-28(13-16-5-3-2-4-6-16)20-8-7-18(25)12-19(17)20/h2-8,12,14-15H,9-11,13H2,1H3,(H,26,27,29). The summed E-state index contributed by atoms with van der Waals surface area (Å²) in [5, 5.41) is 7.40. The van der Waals surface area contributed by atoms with Gasteiger partial charge in [0, 0.05) is 39.5 Å². The molecule has 2 aromatic carbocycles. The van der Waals surface area contributed by atoms with Crippen molar-refractivity contribution < 1.29 is 4.79 Å². The first-order valence-corrected chi connectivity index (χ1v) is 11.3. The van der Waals surface area contributed by atoms with E-state index in [-0.39, 0.29) is 17.7 Å². The molecule has 1 amide bonds. The molecular formula is C24H22ClN3OS. The van der Waals surface area contributed by atoms with E-state index in [2.05, 4.69) is 45.5 Å². The van der Waals surface area contributed by atoms with Crippen LogP contribution in [-0.2, 0) is 23.2 Å². The number of thiazole rings is 1. The number of rotatable bonds is 6. The van der Waals surface area contributed by atoms with Crippen molar-refractivity contribution in [2.24, 2.45) is 0 Å². The zero-order valence-electron chi connectivity index (χ0n) is 16.7. The number of amides is 1.